The van der Waals surface area contributed by atoms with Crippen molar-refractivity contribution in [2.45, 2.75) is 46.2 Å². The zero-order chi connectivity index (χ0) is 19.6. The van der Waals surface area contributed by atoms with Gasteiger partial charge in [-0.25, -0.2) is 0 Å². The third-order valence-electron chi connectivity index (χ3n) is 5.69. The number of aliphatic carboxylic acids is 1. The number of para-hydroxylation sites is 1. The monoisotopic (exact) mass is 371 g/mol. The molecule has 1 saturated heterocycles. The maximum Gasteiger partial charge on any atom is 0.307 e. The lowest BCUT2D eigenvalue weighted by Gasteiger charge is -2.34. The number of aromatic nitrogens is 1. The summed E-state index contributed by atoms with van der Waals surface area (Å²) >= 11 is 0. The fraction of sp³-hybridized carbons (Fsp3) is 0.524. The van der Waals surface area contributed by atoms with Gasteiger partial charge in [0.15, 0.2) is 0 Å². The van der Waals surface area contributed by atoms with Crippen LogP contribution < -0.4 is 5.32 Å². The van der Waals surface area contributed by atoms with Crippen molar-refractivity contribution < 1.29 is 14.7 Å². The summed E-state index contributed by atoms with van der Waals surface area (Å²) < 4.78 is 2.27. The van der Waals surface area contributed by atoms with Crippen molar-refractivity contribution in [3.8, 4) is 0 Å². The van der Waals surface area contributed by atoms with E-state index < -0.39 is 5.97 Å². The molecule has 6 heteroatoms. The van der Waals surface area contributed by atoms with Gasteiger partial charge in [0.05, 0.1) is 12.0 Å². The van der Waals surface area contributed by atoms with Crippen LogP contribution in [0.4, 0.5) is 0 Å². The first-order valence-electron chi connectivity index (χ1n) is 9.63. The summed E-state index contributed by atoms with van der Waals surface area (Å²) in [6, 6.07) is 8.26. The average Bonchev–Trinajstić information content (AvgIpc) is 2.87. The van der Waals surface area contributed by atoms with Gasteiger partial charge in [-0.2, -0.15) is 0 Å². The van der Waals surface area contributed by atoms with Crippen molar-refractivity contribution in [1.29, 1.82) is 0 Å². The molecule has 27 heavy (non-hydrogen) atoms. The van der Waals surface area contributed by atoms with Gasteiger partial charge in [0, 0.05) is 43.2 Å². The number of rotatable bonds is 6. The van der Waals surface area contributed by atoms with Crippen molar-refractivity contribution >= 4 is 22.8 Å². The van der Waals surface area contributed by atoms with Gasteiger partial charge in [-0.3, -0.25) is 9.59 Å². The van der Waals surface area contributed by atoms with E-state index in [1.165, 1.54) is 29.1 Å². The van der Waals surface area contributed by atoms with E-state index in [-0.39, 0.29) is 17.9 Å². The summed E-state index contributed by atoms with van der Waals surface area (Å²) in [4.78, 5) is 25.3. The van der Waals surface area contributed by atoms with E-state index in [0.29, 0.717) is 19.6 Å². The number of carbonyl (C=O) groups excluding carboxylic acids is 1. The molecule has 2 aromatic rings. The van der Waals surface area contributed by atoms with Crippen molar-refractivity contribution in [2.75, 3.05) is 19.6 Å². The molecule has 0 aliphatic carbocycles. The summed E-state index contributed by atoms with van der Waals surface area (Å²) in [7, 11) is 0. The third kappa shape index (κ3) is 4.33. The van der Waals surface area contributed by atoms with Gasteiger partial charge in [-0.05, 0) is 44.9 Å². The fourth-order valence-electron chi connectivity index (χ4n) is 4.23. The zero-order valence-corrected chi connectivity index (χ0v) is 16.4. The lowest BCUT2D eigenvalue weighted by molar-refractivity contribution is -0.143. The number of nitrogens with zero attached hydrogens (tertiary/aromatic N) is 2. The first-order chi connectivity index (χ1) is 12.9. The molecule has 2 heterocycles. The Morgan fingerprint density at radius 2 is 2.00 bits per heavy atom. The number of amides is 1. The smallest absolute Gasteiger partial charge is 0.307 e. The van der Waals surface area contributed by atoms with Gasteiger partial charge >= 0.3 is 5.97 Å². The van der Waals surface area contributed by atoms with Crippen molar-refractivity contribution in [3.05, 3.63) is 35.5 Å². The normalized spacial score (nSPS) is 19.1. The molecule has 1 aliphatic heterocycles. The van der Waals surface area contributed by atoms with Crippen LogP contribution in [-0.4, -0.2) is 52.1 Å². The average molecular weight is 371 g/mol. The standard InChI is InChI=1S/C21H29N3O3/c1-14-15(2)24(20-9-5-4-8-19(14)20)13-18(22-16(3)25)12-23-10-6-7-17(11-23)21(26)27/h4-5,8-9,17-18H,6-7,10-13H2,1-3H3,(H,22,25)(H,26,27). The molecule has 2 N–H and O–H groups in total. The number of carbonyl (C=O) groups is 2. The van der Waals surface area contributed by atoms with Crippen LogP contribution in [0.5, 0.6) is 0 Å². The van der Waals surface area contributed by atoms with Crippen molar-refractivity contribution in [1.82, 2.24) is 14.8 Å². The first-order valence-corrected chi connectivity index (χ1v) is 9.63. The zero-order valence-electron chi connectivity index (χ0n) is 16.4. The van der Waals surface area contributed by atoms with E-state index in [0.717, 1.165) is 19.4 Å². The number of hydrogen-bond acceptors (Lipinski definition) is 3. The molecule has 3 rings (SSSR count). The Hall–Kier alpha value is -2.34. The minimum atomic E-state index is -0.723. The number of carboxylic acid groups (broad SMARTS) is 1. The Labute approximate surface area is 160 Å². The number of aryl methyl sites for hydroxylation is 1. The Balaban J connectivity index is 1.81. The highest BCUT2D eigenvalue weighted by Crippen LogP contribution is 2.25. The van der Waals surface area contributed by atoms with Gasteiger partial charge in [0.1, 0.15) is 0 Å². The van der Waals surface area contributed by atoms with E-state index in [1.807, 2.05) is 12.1 Å². The Morgan fingerprint density at radius 1 is 1.26 bits per heavy atom. The number of fused-ring (bicyclic) bond motifs is 1. The van der Waals surface area contributed by atoms with Gasteiger partial charge in [0.2, 0.25) is 5.91 Å². The highest BCUT2D eigenvalue weighted by molar-refractivity contribution is 5.85. The molecule has 1 aromatic carbocycles. The van der Waals surface area contributed by atoms with E-state index in [2.05, 4.69) is 40.8 Å². The first kappa shape index (κ1) is 19.4. The van der Waals surface area contributed by atoms with Crippen LogP contribution in [0.15, 0.2) is 24.3 Å². The molecule has 2 atom stereocenters. The third-order valence-corrected chi connectivity index (χ3v) is 5.69. The molecule has 1 aliphatic rings. The predicted molar refractivity (Wildman–Crippen MR) is 106 cm³/mol. The lowest BCUT2D eigenvalue weighted by atomic mass is 9.98. The summed E-state index contributed by atoms with van der Waals surface area (Å²) in [6.07, 6.45) is 1.62. The minimum Gasteiger partial charge on any atom is -0.481 e. The predicted octanol–water partition coefficient (Wildman–Crippen LogP) is 2.56. The Bertz CT molecular complexity index is 843. The van der Waals surface area contributed by atoms with Crippen LogP contribution in [0.3, 0.4) is 0 Å². The number of hydrogen-bond donors (Lipinski definition) is 2. The molecule has 0 bridgehead atoms. The molecule has 6 nitrogen and oxygen atoms in total. The van der Waals surface area contributed by atoms with E-state index in [4.69, 9.17) is 0 Å². The summed E-state index contributed by atoms with van der Waals surface area (Å²) in [6.45, 7) is 8.54. The van der Waals surface area contributed by atoms with Crippen molar-refractivity contribution in [3.63, 3.8) is 0 Å². The molecule has 2 unspecified atom stereocenters. The molecule has 0 spiro atoms. The molecular weight excluding hydrogens is 342 g/mol. The molecule has 1 amide bonds. The van der Waals surface area contributed by atoms with Crippen LogP contribution in [0, 0.1) is 19.8 Å². The highest BCUT2D eigenvalue weighted by Gasteiger charge is 2.27. The van der Waals surface area contributed by atoms with Crippen LogP contribution in [-0.2, 0) is 16.1 Å². The van der Waals surface area contributed by atoms with Crippen LogP contribution in [0.1, 0.15) is 31.0 Å². The SMILES string of the molecule is CC(=O)NC(CN1CCCC(C(=O)O)C1)Cn1c(C)c(C)c2ccccc21. The maximum absolute atomic E-state index is 11.8. The second-order valence-electron chi connectivity index (χ2n) is 7.67. The number of carboxylic acids is 1. The maximum atomic E-state index is 11.8. The summed E-state index contributed by atoms with van der Waals surface area (Å²) in [5, 5.41) is 13.6. The van der Waals surface area contributed by atoms with Gasteiger partial charge < -0.3 is 19.9 Å². The topological polar surface area (TPSA) is 74.6 Å². The Morgan fingerprint density at radius 3 is 2.70 bits per heavy atom. The number of piperidine rings is 1. The van der Waals surface area contributed by atoms with Crippen LogP contribution in [0.25, 0.3) is 10.9 Å². The molecule has 1 aromatic heterocycles. The van der Waals surface area contributed by atoms with E-state index >= 15 is 0 Å². The molecule has 1 fully saturated rings. The molecule has 146 valence electrons. The summed E-state index contributed by atoms with van der Waals surface area (Å²) in [5.41, 5.74) is 3.63. The van der Waals surface area contributed by atoms with Gasteiger partial charge in [0.25, 0.3) is 0 Å². The van der Waals surface area contributed by atoms with Gasteiger partial charge in [-0.1, -0.05) is 18.2 Å². The van der Waals surface area contributed by atoms with Crippen LogP contribution in [0.2, 0.25) is 0 Å². The highest BCUT2D eigenvalue weighted by atomic mass is 16.4. The van der Waals surface area contributed by atoms with Gasteiger partial charge in [-0.15, -0.1) is 0 Å². The number of nitrogens with one attached hydrogen (secondary N) is 1. The largest absolute Gasteiger partial charge is 0.481 e. The van der Waals surface area contributed by atoms with Crippen molar-refractivity contribution in [2.24, 2.45) is 5.92 Å². The fourth-order valence-corrected chi connectivity index (χ4v) is 4.23. The second-order valence-corrected chi connectivity index (χ2v) is 7.67. The van der Waals surface area contributed by atoms with E-state index in [9.17, 15) is 14.7 Å². The van der Waals surface area contributed by atoms with Crippen LogP contribution >= 0.6 is 0 Å². The second kappa shape index (κ2) is 8.13. The molecule has 0 radical (unpaired) electrons. The Kier molecular flexibility index (Phi) is 5.85. The summed E-state index contributed by atoms with van der Waals surface area (Å²) in [5.74, 6) is -1.09. The quantitative estimate of drug-likeness (QED) is 0.818. The van der Waals surface area contributed by atoms with E-state index in [1.54, 1.807) is 0 Å². The lowest BCUT2D eigenvalue weighted by Crippen LogP contribution is -2.49. The molecule has 0 saturated carbocycles. The number of likely N-dealkylation sites (tertiary alicyclic amines) is 1. The minimum absolute atomic E-state index is 0.0577. The number of benzene rings is 1. The molecular formula is C21H29N3O3.